The number of ether oxygens (including phenoxy) is 2. The molecule has 0 saturated carbocycles. The number of aryl methyl sites for hydroxylation is 1. The predicted octanol–water partition coefficient (Wildman–Crippen LogP) is 6.31. The molecule has 3 atom stereocenters. The molecule has 2 aromatic rings. The van der Waals surface area contributed by atoms with Crippen LogP contribution in [0, 0.1) is 12.8 Å². The maximum absolute atomic E-state index is 13.8. The molecule has 1 aliphatic heterocycles. The Bertz CT molecular complexity index is 1350. The summed E-state index contributed by atoms with van der Waals surface area (Å²) in [5.74, 6) is -3.67. The Balaban J connectivity index is 1.79. The van der Waals surface area contributed by atoms with Crippen LogP contribution in [0.1, 0.15) is 94.4 Å². The van der Waals surface area contributed by atoms with Gasteiger partial charge in [-0.2, -0.15) is 0 Å². The summed E-state index contributed by atoms with van der Waals surface area (Å²) in [6, 6.07) is 15.5. The van der Waals surface area contributed by atoms with Crippen molar-refractivity contribution in [1.82, 2.24) is 4.90 Å². The van der Waals surface area contributed by atoms with E-state index in [0.29, 0.717) is 17.5 Å². The Hall–Kier alpha value is -4.11. The van der Waals surface area contributed by atoms with Crippen molar-refractivity contribution in [2.45, 2.75) is 90.7 Å². The van der Waals surface area contributed by atoms with E-state index in [9.17, 15) is 24.0 Å². The van der Waals surface area contributed by atoms with Crippen LogP contribution in [-0.2, 0) is 28.7 Å². The zero-order valence-corrected chi connectivity index (χ0v) is 26.5. The smallest absolute Gasteiger partial charge is 0.417 e. The van der Waals surface area contributed by atoms with E-state index >= 15 is 0 Å². The Labute approximate surface area is 265 Å². The largest absolute Gasteiger partial charge is 0.453 e. The lowest BCUT2D eigenvalue weighted by molar-refractivity contribution is -0.158. The number of hydrogen-bond donors (Lipinski definition) is 1. The number of ketones is 2. The first kappa shape index (κ1) is 35.4. The number of cyclic esters (lactones) is 1. The SMILES string of the molecule is CC(=O)OC(C(=O)C=C(C(=O)CCCCCCCCCCO)c1cccc(C)c1)C(C)C(=O)N1C(=O)OCC1c1ccccc1. The number of allylic oxidation sites excluding steroid dienone is 1. The molecule has 9 nitrogen and oxygen atoms in total. The van der Waals surface area contributed by atoms with E-state index in [1.807, 2.05) is 25.1 Å². The summed E-state index contributed by atoms with van der Waals surface area (Å²) in [6.45, 7) is 4.63. The number of amides is 2. The number of carbonyl (C=O) groups excluding carboxylic acids is 5. The summed E-state index contributed by atoms with van der Waals surface area (Å²) in [5.41, 5.74) is 2.34. The van der Waals surface area contributed by atoms with Crippen molar-refractivity contribution in [3.05, 3.63) is 77.4 Å². The van der Waals surface area contributed by atoms with Crippen molar-refractivity contribution in [1.29, 1.82) is 0 Å². The lowest BCUT2D eigenvalue weighted by Crippen LogP contribution is -2.45. The van der Waals surface area contributed by atoms with Gasteiger partial charge in [-0.1, -0.05) is 98.7 Å². The Morgan fingerprint density at radius 2 is 1.60 bits per heavy atom. The minimum Gasteiger partial charge on any atom is -0.453 e. The lowest BCUT2D eigenvalue weighted by atomic mass is 9.92. The third-order valence-corrected chi connectivity index (χ3v) is 7.94. The Kier molecular flexibility index (Phi) is 14.1. The highest BCUT2D eigenvalue weighted by Crippen LogP contribution is 2.31. The van der Waals surface area contributed by atoms with Crippen LogP contribution in [0.25, 0.3) is 5.57 Å². The van der Waals surface area contributed by atoms with Gasteiger partial charge in [-0.15, -0.1) is 0 Å². The van der Waals surface area contributed by atoms with E-state index in [-0.39, 0.29) is 31.0 Å². The highest BCUT2D eigenvalue weighted by atomic mass is 16.6. The zero-order chi connectivity index (χ0) is 32.8. The van der Waals surface area contributed by atoms with Gasteiger partial charge in [0.25, 0.3) is 0 Å². The molecule has 1 saturated heterocycles. The van der Waals surface area contributed by atoms with Crippen LogP contribution in [-0.4, -0.2) is 58.9 Å². The molecule has 9 heteroatoms. The fourth-order valence-corrected chi connectivity index (χ4v) is 5.47. The van der Waals surface area contributed by atoms with Crippen molar-refractivity contribution in [3.8, 4) is 0 Å². The number of unbranched alkanes of at least 4 members (excludes halogenated alkanes) is 7. The van der Waals surface area contributed by atoms with Gasteiger partial charge in [-0.05, 0) is 43.9 Å². The highest BCUT2D eigenvalue weighted by Gasteiger charge is 2.44. The molecule has 1 N–H and O–H groups in total. The van der Waals surface area contributed by atoms with Crippen molar-refractivity contribution in [2.75, 3.05) is 13.2 Å². The van der Waals surface area contributed by atoms with Crippen LogP contribution >= 0.6 is 0 Å². The van der Waals surface area contributed by atoms with E-state index in [0.717, 1.165) is 62.3 Å². The number of benzene rings is 2. The van der Waals surface area contributed by atoms with Crippen LogP contribution in [0.3, 0.4) is 0 Å². The third kappa shape index (κ3) is 10.5. The average Bonchev–Trinajstić information content (AvgIpc) is 3.42. The van der Waals surface area contributed by atoms with Gasteiger partial charge in [-0.25, -0.2) is 9.69 Å². The minimum absolute atomic E-state index is 0.0386. The lowest BCUT2D eigenvalue weighted by Gasteiger charge is -2.27. The molecule has 1 aliphatic rings. The van der Waals surface area contributed by atoms with Crippen molar-refractivity contribution in [2.24, 2.45) is 5.92 Å². The van der Waals surface area contributed by atoms with Gasteiger partial charge in [0, 0.05) is 25.5 Å². The Morgan fingerprint density at radius 3 is 2.22 bits per heavy atom. The third-order valence-electron chi connectivity index (χ3n) is 7.94. The van der Waals surface area contributed by atoms with Crippen LogP contribution in [0.15, 0.2) is 60.7 Å². The first-order valence-electron chi connectivity index (χ1n) is 15.8. The molecule has 0 aliphatic carbocycles. The fraction of sp³-hybridized carbons (Fsp3) is 0.472. The number of Topliss-reactive ketones (excluding diaryl/α,β-unsaturated/α-hetero) is 1. The van der Waals surface area contributed by atoms with Gasteiger partial charge in [0.2, 0.25) is 5.91 Å². The summed E-state index contributed by atoms with van der Waals surface area (Å²) in [5, 5.41) is 8.90. The number of nitrogens with zero attached hydrogens (tertiary/aromatic N) is 1. The van der Waals surface area contributed by atoms with Crippen molar-refractivity contribution in [3.63, 3.8) is 0 Å². The van der Waals surface area contributed by atoms with Gasteiger partial charge >= 0.3 is 12.1 Å². The summed E-state index contributed by atoms with van der Waals surface area (Å²) in [6.07, 6.45) is 6.61. The number of carbonyl (C=O) groups is 5. The average molecular weight is 620 g/mol. The van der Waals surface area contributed by atoms with E-state index in [1.54, 1.807) is 36.4 Å². The number of esters is 1. The Morgan fingerprint density at radius 1 is 0.956 bits per heavy atom. The van der Waals surface area contributed by atoms with Gasteiger partial charge in [-0.3, -0.25) is 19.2 Å². The summed E-state index contributed by atoms with van der Waals surface area (Å²) in [4.78, 5) is 66.7. The second-order valence-electron chi connectivity index (χ2n) is 11.6. The van der Waals surface area contributed by atoms with Crippen LogP contribution < -0.4 is 0 Å². The summed E-state index contributed by atoms with van der Waals surface area (Å²) >= 11 is 0. The molecule has 3 rings (SSSR count). The number of rotatable bonds is 18. The maximum Gasteiger partial charge on any atom is 0.417 e. The van der Waals surface area contributed by atoms with Crippen molar-refractivity contribution >= 4 is 35.1 Å². The highest BCUT2D eigenvalue weighted by molar-refractivity contribution is 6.25. The molecule has 0 radical (unpaired) electrons. The molecule has 2 amide bonds. The first-order chi connectivity index (χ1) is 21.6. The second-order valence-corrected chi connectivity index (χ2v) is 11.6. The standard InChI is InChI=1S/C36H45NO8/c1-25-16-15-19-29(22-25)30(32(40)20-13-8-6-4-5-7-9-14-21-38)23-33(41)34(45-27(3)39)26(2)35(42)37-31(24-44-36(37)43)28-17-11-10-12-18-28/h10-12,15-19,22-23,26,31,34,38H,4-9,13-14,20-21,24H2,1-3H3. The second kappa shape index (κ2) is 18.0. The van der Waals surface area contributed by atoms with E-state index in [2.05, 4.69) is 0 Å². The molecule has 3 unspecified atom stereocenters. The molecular weight excluding hydrogens is 574 g/mol. The summed E-state index contributed by atoms with van der Waals surface area (Å²) in [7, 11) is 0. The maximum atomic E-state index is 13.8. The van der Waals surface area contributed by atoms with E-state index in [1.165, 1.54) is 13.0 Å². The molecule has 0 bridgehead atoms. The van der Waals surface area contributed by atoms with Crippen LogP contribution in [0.2, 0.25) is 0 Å². The first-order valence-corrected chi connectivity index (χ1v) is 15.8. The predicted molar refractivity (Wildman–Crippen MR) is 170 cm³/mol. The zero-order valence-electron chi connectivity index (χ0n) is 26.5. The number of aliphatic hydroxyl groups excluding tert-OH is 1. The summed E-state index contributed by atoms with van der Waals surface area (Å²) < 4.78 is 10.6. The number of imide groups is 1. The van der Waals surface area contributed by atoms with Crippen LogP contribution in [0.4, 0.5) is 4.79 Å². The topological polar surface area (TPSA) is 127 Å². The number of aliphatic hydroxyl groups is 1. The number of hydrogen-bond acceptors (Lipinski definition) is 8. The molecule has 242 valence electrons. The van der Waals surface area contributed by atoms with Crippen molar-refractivity contribution < 1.29 is 38.6 Å². The minimum atomic E-state index is -1.56. The molecule has 1 fully saturated rings. The fourth-order valence-electron chi connectivity index (χ4n) is 5.47. The molecular formula is C36H45NO8. The van der Waals surface area contributed by atoms with E-state index in [4.69, 9.17) is 14.6 Å². The van der Waals surface area contributed by atoms with E-state index < -0.39 is 41.8 Å². The quantitative estimate of drug-likeness (QED) is 0.117. The normalized spacial score (nSPS) is 16.2. The molecule has 0 spiro atoms. The van der Waals surface area contributed by atoms with Gasteiger partial charge < -0.3 is 14.6 Å². The van der Waals surface area contributed by atoms with Crippen LogP contribution in [0.5, 0.6) is 0 Å². The molecule has 2 aromatic carbocycles. The molecule has 1 heterocycles. The molecule has 45 heavy (non-hydrogen) atoms. The van der Waals surface area contributed by atoms with Gasteiger partial charge in [0.05, 0.1) is 5.92 Å². The molecule has 0 aromatic heterocycles. The monoisotopic (exact) mass is 619 g/mol. The van der Waals surface area contributed by atoms with Gasteiger partial charge in [0.15, 0.2) is 17.7 Å². The van der Waals surface area contributed by atoms with Gasteiger partial charge in [0.1, 0.15) is 12.6 Å².